The van der Waals surface area contributed by atoms with Gasteiger partial charge >= 0.3 is 0 Å². The number of amides is 1. The summed E-state index contributed by atoms with van der Waals surface area (Å²) < 4.78 is 6.55. The van der Waals surface area contributed by atoms with Crippen LogP contribution in [0.4, 0.5) is 5.69 Å². The first-order chi connectivity index (χ1) is 9.93. The van der Waals surface area contributed by atoms with Crippen LogP contribution in [-0.4, -0.2) is 13.0 Å². The van der Waals surface area contributed by atoms with Gasteiger partial charge in [0.25, 0.3) is 5.91 Å². The molecule has 0 atom stereocenters. The highest BCUT2D eigenvalue weighted by atomic mass is 79.9. The highest BCUT2D eigenvalue weighted by Crippen LogP contribution is 2.37. The highest BCUT2D eigenvalue weighted by Gasteiger charge is 2.16. The maximum atomic E-state index is 12.3. The Labute approximate surface area is 148 Å². The number of methoxy groups -OCH3 is 1. The van der Waals surface area contributed by atoms with E-state index in [9.17, 15) is 4.79 Å². The zero-order valence-electron chi connectivity index (χ0n) is 10.7. The van der Waals surface area contributed by atoms with Crippen molar-refractivity contribution in [2.75, 3.05) is 12.4 Å². The highest BCUT2D eigenvalue weighted by molar-refractivity contribution is 9.10. The van der Waals surface area contributed by atoms with Crippen LogP contribution >= 0.6 is 55.1 Å². The van der Waals surface area contributed by atoms with Gasteiger partial charge in [0.15, 0.2) is 5.75 Å². The fraction of sp³-hybridized carbons (Fsp3) is 0.0714. The summed E-state index contributed by atoms with van der Waals surface area (Å²) in [6.07, 6.45) is 0. The molecule has 0 saturated carbocycles. The van der Waals surface area contributed by atoms with E-state index in [1.165, 1.54) is 7.11 Å². The number of carbonyl (C=O) groups is 1. The number of benzene rings is 2. The number of carbonyl (C=O) groups excluding carboxylic acids is 1. The lowest BCUT2D eigenvalue weighted by atomic mass is 10.2. The summed E-state index contributed by atoms with van der Waals surface area (Å²) in [5.41, 5.74) is 0.808. The molecule has 2 aromatic rings. The van der Waals surface area contributed by atoms with Crippen molar-refractivity contribution in [3.8, 4) is 5.75 Å². The molecule has 0 spiro atoms. The van der Waals surface area contributed by atoms with E-state index in [1.807, 2.05) is 0 Å². The Balaban J connectivity index is 2.38. The van der Waals surface area contributed by atoms with Gasteiger partial charge in [0.05, 0.1) is 27.9 Å². The molecule has 0 aliphatic carbocycles. The second-order valence-electron chi connectivity index (χ2n) is 4.02. The minimum absolute atomic E-state index is 0.343. The Morgan fingerprint density at radius 1 is 1.19 bits per heavy atom. The number of anilines is 1. The van der Waals surface area contributed by atoms with E-state index in [-0.39, 0.29) is 5.91 Å². The van der Waals surface area contributed by atoms with E-state index < -0.39 is 0 Å². The molecule has 0 radical (unpaired) electrons. The average Bonchev–Trinajstić information content (AvgIpc) is 2.41. The Hall–Kier alpha value is -0.750. The third-order valence-electron chi connectivity index (χ3n) is 2.66. The summed E-state index contributed by atoms with van der Waals surface area (Å²) in [6.45, 7) is 0. The van der Waals surface area contributed by atoms with Crippen LogP contribution in [0.25, 0.3) is 0 Å². The average molecular weight is 454 g/mol. The van der Waals surface area contributed by atoms with Crippen LogP contribution in [0, 0.1) is 0 Å². The van der Waals surface area contributed by atoms with Gasteiger partial charge in [-0.2, -0.15) is 0 Å². The van der Waals surface area contributed by atoms with Crippen molar-refractivity contribution in [2.24, 2.45) is 0 Å². The van der Waals surface area contributed by atoms with Crippen molar-refractivity contribution in [3.63, 3.8) is 0 Å². The van der Waals surface area contributed by atoms with E-state index in [1.54, 1.807) is 30.3 Å². The largest absolute Gasteiger partial charge is 0.493 e. The minimum atomic E-state index is -0.353. The predicted molar refractivity (Wildman–Crippen MR) is 92.8 cm³/mol. The summed E-state index contributed by atoms with van der Waals surface area (Å²) in [6, 6.07) is 8.41. The molecule has 0 fully saturated rings. The molecule has 0 aliphatic rings. The summed E-state index contributed by atoms with van der Waals surface area (Å²) in [5.74, 6) is 0.132. The second-order valence-corrected chi connectivity index (χ2v) is 6.55. The molecule has 2 rings (SSSR count). The Morgan fingerprint density at radius 2 is 1.90 bits per heavy atom. The molecule has 21 heavy (non-hydrogen) atoms. The molecule has 0 heterocycles. The van der Waals surface area contributed by atoms with Gasteiger partial charge in [-0.05, 0) is 56.1 Å². The fourth-order valence-corrected chi connectivity index (χ4v) is 3.28. The van der Waals surface area contributed by atoms with Gasteiger partial charge in [-0.1, -0.05) is 29.3 Å². The van der Waals surface area contributed by atoms with Gasteiger partial charge in [0.1, 0.15) is 0 Å². The monoisotopic (exact) mass is 451 g/mol. The van der Waals surface area contributed by atoms with E-state index in [0.717, 1.165) is 0 Å². The van der Waals surface area contributed by atoms with Crippen molar-refractivity contribution < 1.29 is 9.53 Å². The Bertz CT molecular complexity index is 708. The molecular formula is C14H9Br2Cl2NO2. The van der Waals surface area contributed by atoms with Gasteiger partial charge in [0.2, 0.25) is 0 Å². The fourth-order valence-electron chi connectivity index (χ4n) is 1.73. The quantitative estimate of drug-likeness (QED) is 0.639. The molecule has 0 unspecified atom stereocenters. The SMILES string of the molecule is COc1c(Br)cc(Cl)cc1NC(=O)c1cccc(Br)c1Cl. The Morgan fingerprint density at radius 3 is 2.57 bits per heavy atom. The van der Waals surface area contributed by atoms with Crippen LogP contribution in [0.1, 0.15) is 10.4 Å². The maximum absolute atomic E-state index is 12.3. The van der Waals surface area contributed by atoms with Gasteiger partial charge < -0.3 is 10.1 Å². The van der Waals surface area contributed by atoms with Crippen LogP contribution in [0.5, 0.6) is 5.75 Å². The van der Waals surface area contributed by atoms with Crippen LogP contribution in [-0.2, 0) is 0 Å². The maximum Gasteiger partial charge on any atom is 0.257 e. The molecule has 0 saturated heterocycles. The lowest BCUT2D eigenvalue weighted by Gasteiger charge is -2.13. The number of ether oxygens (including phenoxy) is 1. The number of hydrogen-bond donors (Lipinski definition) is 1. The van der Waals surface area contributed by atoms with Crippen molar-refractivity contribution in [1.82, 2.24) is 0 Å². The zero-order chi connectivity index (χ0) is 15.6. The number of hydrogen-bond acceptors (Lipinski definition) is 2. The Kier molecular flexibility index (Phi) is 5.54. The van der Waals surface area contributed by atoms with Crippen LogP contribution in [0.2, 0.25) is 10.0 Å². The molecule has 0 aliphatic heterocycles. The van der Waals surface area contributed by atoms with Crippen molar-refractivity contribution in [2.45, 2.75) is 0 Å². The van der Waals surface area contributed by atoms with Crippen molar-refractivity contribution in [3.05, 3.63) is 54.9 Å². The predicted octanol–water partition coefficient (Wildman–Crippen LogP) is 5.78. The lowest BCUT2D eigenvalue weighted by Crippen LogP contribution is -2.13. The zero-order valence-corrected chi connectivity index (χ0v) is 15.4. The summed E-state index contributed by atoms with van der Waals surface area (Å²) in [7, 11) is 1.51. The van der Waals surface area contributed by atoms with Gasteiger partial charge in [-0.15, -0.1) is 0 Å². The normalized spacial score (nSPS) is 10.3. The van der Waals surface area contributed by atoms with E-state index in [2.05, 4.69) is 37.2 Å². The van der Waals surface area contributed by atoms with Crippen LogP contribution in [0.3, 0.4) is 0 Å². The molecular weight excluding hydrogens is 445 g/mol. The van der Waals surface area contributed by atoms with Gasteiger partial charge in [-0.25, -0.2) is 0 Å². The van der Waals surface area contributed by atoms with Gasteiger partial charge in [-0.3, -0.25) is 4.79 Å². The lowest BCUT2D eigenvalue weighted by molar-refractivity contribution is 0.102. The minimum Gasteiger partial charge on any atom is -0.493 e. The summed E-state index contributed by atoms with van der Waals surface area (Å²) in [4.78, 5) is 12.3. The topological polar surface area (TPSA) is 38.3 Å². The third kappa shape index (κ3) is 3.72. The first-order valence-corrected chi connectivity index (χ1v) is 8.06. The molecule has 110 valence electrons. The molecule has 1 amide bonds. The van der Waals surface area contributed by atoms with Crippen molar-refractivity contribution >= 4 is 66.7 Å². The standard InChI is InChI=1S/C14H9Br2Cl2NO2/c1-21-13-10(16)5-7(17)6-11(13)19-14(20)8-3-2-4-9(15)12(8)18/h2-6H,1H3,(H,19,20). The van der Waals surface area contributed by atoms with E-state index >= 15 is 0 Å². The molecule has 2 aromatic carbocycles. The molecule has 3 nitrogen and oxygen atoms in total. The summed E-state index contributed by atoms with van der Waals surface area (Å²) in [5, 5.41) is 3.56. The van der Waals surface area contributed by atoms with E-state index in [4.69, 9.17) is 27.9 Å². The molecule has 7 heteroatoms. The number of nitrogens with one attached hydrogen (secondary N) is 1. The first-order valence-electron chi connectivity index (χ1n) is 5.72. The number of rotatable bonds is 3. The van der Waals surface area contributed by atoms with Crippen molar-refractivity contribution in [1.29, 1.82) is 0 Å². The third-order valence-corrected chi connectivity index (χ3v) is 4.76. The van der Waals surface area contributed by atoms with E-state index in [0.29, 0.717) is 36.0 Å². The second kappa shape index (κ2) is 7.01. The molecule has 0 bridgehead atoms. The van der Waals surface area contributed by atoms with Crippen LogP contribution in [0.15, 0.2) is 39.3 Å². The number of halogens is 4. The van der Waals surface area contributed by atoms with Crippen LogP contribution < -0.4 is 10.1 Å². The smallest absolute Gasteiger partial charge is 0.257 e. The van der Waals surface area contributed by atoms with Gasteiger partial charge in [0, 0.05) is 9.50 Å². The first kappa shape index (κ1) is 16.6. The molecule has 0 aromatic heterocycles. The summed E-state index contributed by atoms with van der Waals surface area (Å²) >= 11 is 18.7. The molecule has 1 N–H and O–H groups in total.